The van der Waals surface area contributed by atoms with Crippen molar-refractivity contribution in [2.24, 2.45) is 11.7 Å². The van der Waals surface area contributed by atoms with E-state index in [0.717, 1.165) is 52.1 Å². The van der Waals surface area contributed by atoms with Gasteiger partial charge in [-0.3, -0.25) is 9.69 Å². The fourth-order valence-corrected chi connectivity index (χ4v) is 4.65. The van der Waals surface area contributed by atoms with E-state index < -0.39 is 9.84 Å². The van der Waals surface area contributed by atoms with Crippen molar-refractivity contribution in [3.8, 4) is 0 Å². The quantitative estimate of drug-likeness (QED) is 0.679. The van der Waals surface area contributed by atoms with E-state index in [1.165, 1.54) is 0 Å². The standard InChI is InChI=1S/C13H25N3O3S/c14-4-1-2-5-15-6-8-16(9-7-15)13(17)12-3-10-20(18,19)11-12/h12H,1-11,14H2. The highest BCUT2D eigenvalue weighted by atomic mass is 32.2. The van der Waals surface area contributed by atoms with Crippen LogP contribution >= 0.6 is 0 Å². The average Bonchev–Trinajstić information content (AvgIpc) is 2.79. The van der Waals surface area contributed by atoms with Gasteiger partial charge in [0.15, 0.2) is 9.84 Å². The van der Waals surface area contributed by atoms with Gasteiger partial charge in [0.2, 0.25) is 5.91 Å². The number of hydrogen-bond donors (Lipinski definition) is 1. The van der Waals surface area contributed by atoms with Crippen molar-refractivity contribution in [3.63, 3.8) is 0 Å². The molecule has 0 spiro atoms. The van der Waals surface area contributed by atoms with Crippen molar-refractivity contribution in [2.45, 2.75) is 19.3 Å². The Morgan fingerprint density at radius 2 is 1.85 bits per heavy atom. The molecular formula is C13H25N3O3S. The first kappa shape index (κ1) is 15.7. The summed E-state index contributed by atoms with van der Waals surface area (Å²) in [6, 6.07) is 0. The summed E-state index contributed by atoms with van der Waals surface area (Å²) in [6.07, 6.45) is 2.64. The lowest BCUT2D eigenvalue weighted by Gasteiger charge is -2.35. The van der Waals surface area contributed by atoms with Crippen molar-refractivity contribution < 1.29 is 13.2 Å². The number of nitrogens with two attached hydrogens (primary N) is 1. The van der Waals surface area contributed by atoms with E-state index in [2.05, 4.69) is 4.90 Å². The van der Waals surface area contributed by atoms with Gasteiger partial charge in [-0.25, -0.2) is 8.42 Å². The number of sulfone groups is 1. The van der Waals surface area contributed by atoms with Crippen molar-refractivity contribution in [1.82, 2.24) is 9.80 Å². The molecule has 1 atom stereocenters. The van der Waals surface area contributed by atoms with E-state index in [9.17, 15) is 13.2 Å². The molecule has 2 rings (SSSR count). The number of rotatable bonds is 5. The summed E-state index contributed by atoms with van der Waals surface area (Å²) < 4.78 is 22.9. The van der Waals surface area contributed by atoms with Crippen LogP contribution in [0.1, 0.15) is 19.3 Å². The molecule has 2 saturated heterocycles. The van der Waals surface area contributed by atoms with E-state index in [-0.39, 0.29) is 23.3 Å². The molecule has 0 saturated carbocycles. The highest BCUT2D eigenvalue weighted by Crippen LogP contribution is 2.21. The van der Waals surface area contributed by atoms with Gasteiger partial charge < -0.3 is 10.6 Å². The van der Waals surface area contributed by atoms with Crippen LogP contribution in [0.4, 0.5) is 0 Å². The Hall–Kier alpha value is -0.660. The molecule has 0 aromatic heterocycles. The Morgan fingerprint density at radius 1 is 1.15 bits per heavy atom. The van der Waals surface area contributed by atoms with Crippen LogP contribution in [0, 0.1) is 5.92 Å². The fraction of sp³-hybridized carbons (Fsp3) is 0.923. The number of carbonyl (C=O) groups excluding carboxylic acids is 1. The molecule has 0 aromatic carbocycles. The number of nitrogens with zero attached hydrogens (tertiary/aromatic N) is 2. The Labute approximate surface area is 121 Å². The Balaban J connectivity index is 1.75. The van der Waals surface area contributed by atoms with Crippen LogP contribution in [0.25, 0.3) is 0 Å². The zero-order valence-electron chi connectivity index (χ0n) is 12.0. The molecule has 2 aliphatic heterocycles. The molecular weight excluding hydrogens is 278 g/mol. The third-order valence-electron chi connectivity index (χ3n) is 4.19. The minimum absolute atomic E-state index is 0.0349. The predicted octanol–water partition coefficient (Wildman–Crippen LogP) is -0.696. The summed E-state index contributed by atoms with van der Waals surface area (Å²) in [5.41, 5.74) is 5.48. The summed E-state index contributed by atoms with van der Waals surface area (Å²) >= 11 is 0. The maximum Gasteiger partial charge on any atom is 0.226 e. The van der Waals surface area contributed by atoms with E-state index in [4.69, 9.17) is 5.73 Å². The number of unbranched alkanes of at least 4 members (excludes halogenated alkanes) is 1. The van der Waals surface area contributed by atoms with E-state index >= 15 is 0 Å². The summed E-state index contributed by atoms with van der Waals surface area (Å²) in [4.78, 5) is 16.5. The second-order valence-corrected chi connectivity index (χ2v) is 7.99. The van der Waals surface area contributed by atoms with Crippen molar-refractivity contribution >= 4 is 15.7 Å². The number of piperazine rings is 1. The molecule has 2 heterocycles. The van der Waals surface area contributed by atoms with E-state index in [0.29, 0.717) is 6.42 Å². The molecule has 2 fully saturated rings. The first-order chi connectivity index (χ1) is 9.52. The summed E-state index contributed by atoms with van der Waals surface area (Å²) in [5, 5.41) is 0. The zero-order valence-corrected chi connectivity index (χ0v) is 12.8. The van der Waals surface area contributed by atoms with Gasteiger partial charge in [-0.2, -0.15) is 0 Å². The third-order valence-corrected chi connectivity index (χ3v) is 5.96. The minimum atomic E-state index is -2.97. The van der Waals surface area contributed by atoms with Gasteiger partial charge in [0.25, 0.3) is 0 Å². The largest absolute Gasteiger partial charge is 0.340 e. The number of amides is 1. The lowest BCUT2D eigenvalue weighted by molar-refractivity contribution is -0.136. The predicted molar refractivity (Wildman–Crippen MR) is 78.1 cm³/mol. The summed E-state index contributed by atoms with van der Waals surface area (Å²) in [5.74, 6) is -0.0539. The van der Waals surface area contributed by atoms with Crippen molar-refractivity contribution in [2.75, 3.05) is 50.8 Å². The SMILES string of the molecule is NCCCCN1CCN(C(=O)C2CCS(=O)(=O)C2)CC1. The van der Waals surface area contributed by atoms with Gasteiger partial charge in [-0.1, -0.05) is 0 Å². The third kappa shape index (κ3) is 4.17. The van der Waals surface area contributed by atoms with Gasteiger partial charge >= 0.3 is 0 Å². The van der Waals surface area contributed by atoms with Gasteiger partial charge in [-0.05, 0) is 32.4 Å². The summed E-state index contributed by atoms with van der Waals surface area (Å²) in [6.45, 7) is 4.98. The lowest BCUT2D eigenvalue weighted by Crippen LogP contribution is -2.50. The van der Waals surface area contributed by atoms with Gasteiger partial charge in [0.05, 0.1) is 17.4 Å². The van der Waals surface area contributed by atoms with Crippen molar-refractivity contribution in [3.05, 3.63) is 0 Å². The average molecular weight is 303 g/mol. The van der Waals surface area contributed by atoms with Gasteiger partial charge in [-0.15, -0.1) is 0 Å². The van der Waals surface area contributed by atoms with Crippen LogP contribution in [0.2, 0.25) is 0 Å². The van der Waals surface area contributed by atoms with Crippen LogP contribution in [0.5, 0.6) is 0 Å². The highest BCUT2D eigenvalue weighted by Gasteiger charge is 2.36. The first-order valence-electron chi connectivity index (χ1n) is 7.43. The molecule has 0 aromatic rings. The molecule has 0 radical (unpaired) electrons. The van der Waals surface area contributed by atoms with Gasteiger partial charge in [0.1, 0.15) is 0 Å². The van der Waals surface area contributed by atoms with Crippen LogP contribution in [-0.4, -0.2) is 74.9 Å². The minimum Gasteiger partial charge on any atom is -0.340 e. The van der Waals surface area contributed by atoms with Crippen LogP contribution in [-0.2, 0) is 14.6 Å². The molecule has 6 nitrogen and oxygen atoms in total. The lowest BCUT2D eigenvalue weighted by atomic mass is 10.1. The Kier molecular flexibility index (Phi) is 5.40. The van der Waals surface area contributed by atoms with Gasteiger partial charge in [0, 0.05) is 26.2 Å². The molecule has 1 amide bonds. The summed E-state index contributed by atoms with van der Waals surface area (Å²) in [7, 11) is -2.97. The maximum absolute atomic E-state index is 12.3. The normalized spacial score (nSPS) is 26.9. The number of carbonyl (C=O) groups is 1. The zero-order chi connectivity index (χ0) is 14.6. The molecule has 7 heteroatoms. The smallest absolute Gasteiger partial charge is 0.226 e. The number of hydrogen-bond acceptors (Lipinski definition) is 5. The fourth-order valence-electron chi connectivity index (χ4n) is 2.92. The van der Waals surface area contributed by atoms with Crippen LogP contribution < -0.4 is 5.73 Å². The van der Waals surface area contributed by atoms with Crippen molar-refractivity contribution in [1.29, 1.82) is 0 Å². The molecule has 2 aliphatic rings. The van der Waals surface area contributed by atoms with E-state index in [1.54, 1.807) is 0 Å². The topological polar surface area (TPSA) is 83.7 Å². The van der Waals surface area contributed by atoms with Crippen LogP contribution in [0.15, 0.2) is 0 Å². The Morgan fingerprint density at radius 3 is 2.40 bits per heavy atom. The maximum atomic E-state index is 12.3. The Bertz CT molecular complexity index is 430. The van der Waals surface area contributed by atoms with E-state index in [1.807, 2.05) is 4.90 Å². The molecule has 116 valence electrons. The molecule has 1 unspecified atom stereocenters. The highest BCUT2D eigenvalue weighted by molar-refractivity contribution is 7.91. The monoisotopic (exact) mass is 303 g/mol. The second kappa shape index (κ2) is 6.87. The molecule has 2 N–H and O–H groups in total. The second-order valence-electron chi connectivity index (χ2n) is 5.76. The molecule has 0 aliphatic carbocycles. The van der Waals surface area contributed by atoms with Crippen LogP contribution in [0.3, 0.4) is 0 Å². The molecule has 0 bridgehead atoms. The first-order valence-corrected chi connectivity index (χ1v) is 9.25. The molecule has 20 heavy (non-hydrogen) atoms.